The third kappa shape index (κ3) is 72.4. The molecule has 0 aliphatic rings. The zero-order valence-corrected chi connectivity index (χ0v) is 66.0. The molecular formula is C79H154O17P2. The van der Waals surface area contributed by atoms with Crippen molar-refractivity contribution in [2.75, 3.05) is 39.6 Å². The Bertz CT molecular complexity index is 1900. The minimum absolute atomic E-state index is 0.105. The van der Waals surface area contributed by atoms with Gasteiger partial charge in [0.1, 0.15) is 19.3 Å². The number of hydrogen-bond donors (Lipinski definition) is 3. The third-order valence-corrected chi connectivity index (χ3v) is 20.3. The third-order valence-electron chi connectivity index (χ3n) is 18.4. The highest BCUT2D eigenvalue weighted by molar-refractivity contribution is 7.47. The lowest BCUT2D eigenvalue weighted by molar-refractivity contribution is -0.161. The van der Waals surface area contributed by atoms with Crippen LogP contribution in [-0.4, -0.2) is 96.7 Å². The maximum atomic E-state index is 13.1. The fourth-order valence-corrected chi connectivity index (χ4v) is 13.7. The van der Waals surface area contributed by atoms with Gasteiger partial charge in [-0.2, -0.15) is 0 Å². The van der Waals surface area contributed by atoms with Crippen molar-refractivity contribution in [1.29, 1.82) is 0 Å². The monoisotopic (exact) mass is 1440 g/mol. The molecule has 3 N–H and O–H groups in total. The molecule has 0 saturated heterocycles. The fraction of sp³-hybridized carbons (Fsp3) is 0.949. The number of rotatable bonds is 77. The van der Waals surface area contributed by atoms with E-state index in [4.69, 9.17) is 37.0 Å². The van der Waals surface area contributed by atoms with Crippen LogP contribution in [0.5, 0.6) is 0 Å². The van der Waals surface area contributed by atoms with E-state index in [1.54, 1.807) is 0 Å². The van der Waals surface area contributed by atoms with Crippen molar-refractivity contribution in [3.8, 4) is 0 Å². The van der Waals surface area contributed by atoms with Crippen LogP contribution in [0.1, 0.15) is 408 Å². The smallest absolute Gasteiger partial charge is 0.462 e. The highest BCUT2D eigenvalue weighted by atomic mass is 31.2. The Kier molecular flexibility index (Phi) is 68.1. The molecule has 19 heteroatoms. The van der Waals surface area contributed by atoms with Crippen LogP contribution in [0.2, 0.25) is 0 Å². The topological polar surface area (TPSA) is 237 Å². The van der Waals surface area contributed by atoms with Crippen LogP contribution in [0.25, 0.3) is 0 Å². The van der Waals surface area contributed by atoms with Crippen LogP contribution in [0.3, 0.4) is 0 Å². The highest BCUT2D eigenvalue weighted by Gasteiger charge is 2.30. The number of phosphoric acid groups is 2. The fourth-order valence-electron chi connectivity index (χ4n) is 12.1. The largest absolute Gasteiger partial charge is 0.472 e. The van der Waals surface area contributed by atoms with Gasteiger partial charge in [-0.3, -0.25) is 37.3 Å². The molecule has 0 aliphatic carbocycles. The van der Waals surface area contributed by atoms with Crippen molar-refractivity contribution in [2.24, 2.45) is 17.8 Å². The number of carbonyl (C=O) groups excluding carboxylic acids is 4. The van der Waals surface area contributed by atoms with Gasteiger partial charge in [-0.1, -0.05) is 357 Å². The Hall–Kier alpha value is -1.94. The van der Waals surface area contributed by atoms with Gasteiger partial charge in [-0.25, -0.2) is 9.13 Å². The van der Waals surface area contributed by atoms with Gasteiger partial charge in [0.15, 0.2) is 12.2 Å². The van der Waals surface area contributed by atoms with Crippen molar-refractivity contribution in [3.63, 3.8) is 0 Å². The van der Waals surface area contributed by atoms with Crippen LogP contribution < -0.4 is 0 Å². The predicted octanol–water partition coefficient (Wildman–Crippen LogP) is 23.4. The number of carbonyl (C=O) groups is 4. The summed E-state index contributed by atoms with van der Waals surface area (Å²) in [5.74, 6) is 0.225. The molecule has 0 spiro atoms. The average Bonchev–Trinajstić information content (AvgIpc) is 1.02. The van der Waals surface area contributed by atoms with Crippen molar-refractivity contribution >= 4 is 39.5 Å². The van der Waals surface area contributed by atoms with Crippen LogP contribution in [-0.2, 0) is 65.4 Å². The molecule has 0 saturated carbocycles. The first-order valence-corrected chi connectivity index (χ1v) is 43.8. The van der Waals surface area contributed by atoms with Crippen molar-refractivity contribution < 1.29 is 80.2 Å². The lowest BCUT2D eigenvalue weighted by atomic mass is 10.0. The maximum Gasteiger partial charge on any atom is 0.472 e. The van der Waals surface area contributed by atoms with Crippen LogP contribution in [0, 0.1) is 17.8 Å². The SMILES string of the molecule is CCCCCCCCCCCCCC(=O)OC[C@H](COP(=O)(O)OC[C@H](O)COP(=O)(O)OC[C@@H](COC(=O)CCCCCCCCCCCCCCCCC(C)C)OC(=O)CCCCCCCCCCCCCCCCCC(C)C)OC(=O)CCCCCCCCCCCC(C)C. The molecule has 98 heavy (non-hydrogen) atoms. The van der Waals surface area contributed by atoms with Gasteiger partial charge < -0.3 is 33.8 Å². The normalized spacial score (nSPS) is 14.0. The molecule has 0 fully saturated rings. The zero-order valence-electron chi connectivity index (χ0n) is 64.3. The summed E-state index contributed by atoms with van der Waals surface area (Å²) in [7, 11) is -9.92. The molecule has 0 aromatic heterocycles. The number of hydrogen-bond acceptors (Lipinski definition) is 15. The van der Waals surface area contributed by atoms with Gasteiger partial charge in [0.05, 0.1) is 26.4 Å². The van der Waals surface area contributed by atoms with Crippen LogP contribution in [0.4, 0.5) is 0 Å². The number of unbranched alkanes of at least 4 members (excludes halogenated alkanes) is 45. The molecule has 0 aromatic rings. The van der Waals surface area contributed by atoms with Crippen molar-refractivity contribution in [1.82, 2.24) is 0 Å². The van der Waals surface area contributed by atoms with Gasteiger partial charge >= 0.3 is 39.5 Å². The van der Waals surface area contributed by atoms with E-state index >= 15 is 0 Å². The Labute approximate surface area is 600 Å². The predicted molar refractivity (Wildman–Crippen MR) is 400 cm³/mol. The van der Waals surface area contributed by atoms with Crippen LogP contribution >= 0.6 is 15.6 Å². The molecule has 5 atom stereocenters. The summed E-state index contributed by atoms with van der Waals surface area (Å²) < 4.78 is 68.6. The number of aliphatic hydroxyl groups excluding tert-OH is 1. The summed E-state index contributed by atoms with van der Waals surface area (Å²) in [5.41, 5.74) is 0. The first-order valence-electron chi connectivity index (χ1n) is 40.8. The van der Waals surface area contributed by atoms with Crippen molar-refractivity contribution in [3.05, 3.63) is 0 Å². The second-order valence-electron chi connectivity index (χ2n) is 29.9. The van der Waals surface area contributed by atoms with E-state index in [1.165, 1.54) is 218 Å². The summed E-state index contributed by atoms with van der Waals surface area (Å²) in [4.78, 5) is 72.9. The van der Waals surface area contributed by atoms with E-state index in [0.717, 1.165) is 108 Å². The summed E-state index contributed by atoms with van der Waals surface area (Å²) in [6.07, 6.45) is 56.8. The Morgan fingerprint density at radius 1 is 0.276 bits per heavy atom. The number of aliphatic hydroxyl groups is 1. The summed E-state index contributed by atoms with van der Waals surface area (Å²) in [6, 6.07) is 0. The Morgan fingerprint density at radius 3 is 0.694 bits per heavy atom. The van der Waals surface area contributed by atoms with Gasteiger partial charge in [0.2, 0.25) is 0 Å². The molecule has 17 nitrogen and oxygen atoms in total. The molecule has 0 rings (SSSR count). The summed E-state index contributed by atoms with van der Waals surface area (Å²) in [6.45, 7) is 11.9. The van der Waals surface area contributed by atoms with Crippen LogP contribution in [0.15, 0.2) is 0 Å². The molecule has 0 radical (unpaired) electrons. The molecule has 0 aromatic carbocycles. The standard InChI is InChI=1S/C79H154O17P2/c1-8-9-10-11-12-13-23-32-39-46-53-60-76(81)89-67-75(96-79(84)63-56-49-42-35-28-31-38-45-52-59-72(6)7)69-94-98(87,88)92-65-73(80)64-91-97(85,86)93-68-74(66-90-77(82)61-54-47-40-33-26-21-18-17-20-25-30-37-44-51-58-71(4)5)95-78(83)62-55-48-41-34-27-22-16-14-15-19-24-29-36-43-50-57-70(2)3/h70-75,80H,8-69H2,1-7H3,(H,85,86)(H,87,88)/t73-,74-,75-/m1/s1. The second-order valence-corrected chi connectivity index (χ2v) is 32.8. The molecule has 2 unspecified atom stereocenters. The quantitative estimate of drug-likeness (QED) is 0.0222. The zero-order chi connectivity index (χ0) is 72.3. The minimum atomic E-state index is -4.96. The lowest BCUT2D eigenvalue weighted by Gasteiger charge is -2.21. The first-order chi connectivity index (χ1) is 47.2. The molecule has 0 amide bonds. The summed E-state index contributed by atoms with van der Waals surface area (Å²) in [5, 5.41) is 10.6. The number of ether oxygens (including phenoxy) is 4. The van der Waals surface area contributed by atoms with Gasteiger partial charge in [0, 0.05) is 25.7 Å². The lowest BCUT2D eigenvalue weighted by Crippen LogP contribution is -2.30. The Morgan fingerprint density at radius 2 is 0.469 bits per heavy atom. The first kappa shape index (κ1) is 96.1. The van der Waals surface area contributed by atoms with Gasteiger partial charge in [-0.05, 0) is 43.4 Å². The second kappa shape index (κ2) is 69.4. The van der Waals surface area contributed by atoms with E-state index in [9.17, 15) is 43.2 Å². The number of phosphoric ester groups is 2. The summed E-state index contributed by atoms with van der Waals surface area (Å²) >= 11 is 0. The maximum absolute atomic E-state index is 13.1. The van der Waals surface area contributed by atoms with E-state index in [1.807, 2.05) is 0 Å². The van der Waals surface area contributed by atoms with E-state index in [0.29, 0.717) is 25.7 Å². The van der Waals surface area contributed by atoms with Gasteiger partial charge in [0.25, 0.3) is 0 Å². The van der Waals surface area contributed by atoms with Gasteiger partial charge in [-0.15, -0.1) is 0 Å². The Balaban J connectivity index is 5.25. The van der Waals surface area contributed by atoms with Crippen molar-refractivity contribution in [2.45, 2.75) is 426 Å². The molecular weight excluding hydrogens is 1280 g/mol. The molecule has 582 valence electrons. The van der Waals surface area contributed by atoms with E-state index in [2.05, 4.69) is 48.5 Å². The molecule has 0 aliphatic heterocycles. The van der Waals surface area contributed by atoms with E-state index < -0.39 is 97.5 Å². The van der Waals surface area contributed by atoms with E-state index in [-0.39, 0.29) is 25.7 Å². The highest BCUT2D eigenvalue weighted by Crippen LogP contribution is 2.45. The number of esters is 4. The average molecular weight is 1440 g/mol. The molecule has 0 bridgehead atoms. The molecule has 0 heterocycles. The minimum Gasteiger partial charge on any atom is -0.462 e.